The van der Waals surface area contributed by atoms with Crippen LogP contribution >= 0.6 is 15.9 Å². The molecule has 2 aromatic carbocycles. The van der Waals surface area contributed by atoms with Crippen molar-refractivity contribution in [3.05, 3.63) is 64.1 Å². The van der Waals surface area contributed by atoms with E-state index in [1.807, 2.05) is 41.5 Å². The van der Waals surface area contributed by atoms with Gasteiger partial charge < -0.3 is 23.3 Å². The van der Waals surface area contributed by atoms with Crippen molar-refractivity contribution in [1.29, 1.82) is 0 Å². The maximum Gasteiger partial charge on any atom is 0.640 e. The number of benzene rings is 2. The first kappa shape index (κ1) is 46.0. The average molecular weight is 772 g/mol. The number of hydrogen-bond acceptors (Lipinski definition) is 5. The van der Waals surface area contributed by atoms with Crippen LogP contribution < -0.4 is 5.46 Å². The molecule has 4 rings (SSSR count). The molecular weight excluding hydrogens is 698 g/mol. The summed E-state index contributed by atoms with van der Waals surface area (Å²) in [6, 6.07) is 17.5. The molecule has 288 valence electrons. The molecule has 51 heavy (non-hydrogen) atoms. The Balaban J connectivity index is 0.000000280. The number of aryl methyl sites for hydroxylation is 2. The first-order valence-electron chi connectivity index (χ1n) is 20.1. The van der Waals surface area contributed by atoms with Gasteiger partial charge in [0.15, 0.2) is 0 Å². The molecule has 8 heteroatoms. The van der Waals surface area contributed by atoms with Crippen LogP contribution in [0.15, 0.2) is 53.0 Å². The Morgan fingerprint density at radius 3 is 1.27 bits per heavy atom. The number of halogens is 1. The largest absolute Gasteiger partial charge is 0.640 e. The van der Waals surface area contributed by atoms with Crippen LogP contribution in [0, 0.1) is 0 Å². The van der Waals surface area contributed by atoms with Crippen molar-refractivity contribution in [1.82, 2.24) is 0 Å². The topological polar surface area (TPSA) is 46.2 Å². The van der Waals surface area contributed by atoms with Gasteiger partial charge in [-0.05, 0) is 124 Å². The lowest BCUT2D eigenvalue weighted by Gasteiger charge is -2.32. The second-order valence-electron chi connectivity index (χ2n) is 16.7. The smallest absolute Gasteiger partial charge is 0.399 e. The fourth-order valence-electron chi connectivity index (χ4n) is 5.76. The van der Waals surface area contributed by atoms with Crippen molar-refractivity contribution in [2.75, 3.05) is 0 Å². The van der Waals surface area contributed by atoms with E-state index in [1.165, 1.54) is 105 Å². The van der Waals surface area contributed by atoms with Crippen LogP contribution in [0.3, 0.4) is 0 Å². The van der Waals surface area contributed by atoms with E-state index < -0.39 is 7.32 Å². The lowest BCUT2D eigenvalue weighted by Crippen LogP contribution is -2.41. The Morgan fingerprint density at radius 2 is 0.882 bits per heavy atom. The van der Waals surface area contributed by atoms with Gasteiger partial charge in [-0.2, -0.15) is 0 Å². The molecule has 2 aromatic rings. The Labute approximate surface area is 323 Å². The molecule has 0 spiro atoms. The fourth-order valence-corrected chi connectivity index (χ4v) is 6.02. The zero-order valence-electron chi connectivity index (χ0n) is 34.7. The lowest BCUT2D eigenvalue weighted by atomic mass is 9.78. The van der Waals surface area contributed by atoms with E-state index in [-0.39, 0.29) is 35.6 Å². The molecule has 0 amide bonds. The van der Waals surface area contributed by atoms with Crippen LogP contribution in [0.25, 0.3) is 0 Å². The Kier molecular flexibility index (Phi) is 20.1. The normalized spacial score (nSPS) is 18.3. The monoisotopic (exact) mass is 770 g/mol. The van der Waals surface area contributed by atoms with Gasteiger partial charge in [-0.15, -0.1) is 0 Å². The maximum atomic E-state index is 6.10. The summed E-state index contributed by atoms with van der Waals surface area (Å²) in [6.45, 7) is 24.9. The standard InChI is InChI=1S/C20H33BO2.C14H21Br.C9H19BO3/c1-6-7-8-9-10-11-12-17-13-15-18(16-14-17)21-22-19(2,3)20(4,5)23-21;1-2-3-4-5-6-7-8-13-9-11-14(15)12-10-13;1-7(2)11-10-12-8(3,4)9(5,6)13-10/h13-16H,6-12H2,1-5H3;9-12H,2-8H2,1H3;7H,1-6H3. The van der Waals surface area contributed by atoms with Crippen molar-refractivity contribution in [3.8, 4) is 0 Å². The van der Waals surface area contributed by atoms with Gasteiger partial charge in [-0.1, -0.05) is 130 Å². The summed E-state index contributed by atoms with van der Waals surface area (Å²) in [5, 5.41) is 0. The van der Waals surface area contributed by atoms with Gasteiger partial charge in [0.25, 0.3) is 0 Å². The summed E-state index contributed by atoms with van der Waals surface area (Å²) in [6.07, 6.45) is 18.9. The second-order valence-corrected chi connectivity index (χ2v) is 17.6. The van der Waals surface area contributed by atoms with Gasteiger partial charge in [0.05, 0.1) is 22.4 Å². The van der Waals surface area contributed by atoms with E-state index in [9.17, 15) is 0 Å². The minimum Gasteiger partial charge on any atom is -0.399 e. The highest BCUT2D eigenvalue weighted by atomic mass is 79.9. The van der Waals surface area contributed by atoms with Gasteiger partial charge >= 0.3 is 14.4 Å². The zero-order valence-corrected chi connectivity index (χ0v) is 36.3. The van der Waals surface area contributed by atoms with Crippen molar-refractivity contribution >= 4 is 35.8 Å². The molecular formula is C43H73B2BrO5. The van der Waals surface area contributed by atoms with Crippen molar-refractivity contribution in [3.63, 3.8) is 0 Å². The van der Waals surface area contributed by atoms with Crippen LogP contribution in [-0.4, -0.2) is 42.9 Å². The van der Waals surface area contributed by atoms with Crippen LogP contribution in [0.1, 0.15) is 171 Å². The van der Waals surface area contributed by atoms with Crippen LogP contribution in [0.5, 0.6) is 0 Å². The Morgan fingerprint density at radius 1 is 0.529 bits per heavy atom. The minimum absolute atomic E-state index is 0.120. The third-order valence-electron chi connectivity index (χ3n) is 10.7. The van der Waals surface area contributed by atoms with Gasteiger partial charge in [-0.3, -0.25) is 0 Å². The highest BCUT2D eigenvalue weighted by Crippen LogP contribution is 2.37. The minimum atomic E-state index is -0.523. The van der Waals surface area contributed by atoms with Crippen LogP contribution in [0.2, 0.25) is 0 Å². The third-order valence-corrected chi connectivity index (χ3v) is 11.2. The SMILES string of the molecule is CC(C)OB1OC(C)(C)C(C)(C)O1.CCCCCCCCc1ccc(B2OC(C)(C)C(C)(C)O2)cc1.CCCCCCCCc1ccc(Br)cc1. The summed E-state index contributed by atoms with van der Waals surface area (Å²) in [5.74, 6) is 0. The highest BCUT2D eigenvalue weighted by molar-refractivity contribution is 9.10. The summed E-state index contributed by atoms with van der Waals surface area (Å²) >= 11 is 3.46. The predicted molar refractivity (Wildman–Crippen MR) is 223 cm³/mol. The molecule has 0 aliphatic carbocycles. The van der Waals surface area contributed by atoms with Gasteiger partial charge in [0, 0.05) is 10.6 Å². The Bertz CT molecular complexity index is 1180. The van der Waals surface area contributed by atoms with Gasteiger partial charge in [0.2, 0.25) is 0 Å². The maximum absolute atomic E-state index is 6.10. The average Bonchev–Trinajstić information content (AvgIpc) is 3.40. The van der Waals surface area contributed by atoms with Gasteiger partial charge in [0.1, 0.15) is 0 Å². The number of unbranched alkanes of at least 4 members (excludes halogenated alkanes) is 10. The fraction of sp³-hybridized carbons (Fsp3) is 0.721. The van der Waals surface area contributed by atoms with E-state index in [0.717, 1.165) is 5.46 Å². The molecule has 2 heterocycles. The summed E-state index contributed by atoms with van der Waals surface area (Å²) < 4.78 is 30.1. The molecule has 0 N–H and O–H groups in total. The quantitative estimate of drug-likeness (QED) is 0.118. The van der Waals surface area contributed by atoms with Crippen molar-refractivity contribution in [2.24, 2.45) is 0 Å². The summed E-state index contributed by atoms with van der Waals surface area (Å²) in [5.41, 5.74) is 2.87. The molecule has 2 fully saturated rings. The van der Waals surface area contributed by atoms with Crippen LogP contribution in [0.4, 0.5) is 0 Å². The summed E-state index contributed by atoms with van der Waals surface area (Å²) in [7, 11) is -0.770. The van der Waals surface area contributed by atoms with E-state index in [0.29, 0.717) is 0 Å². The molecule has 2 aliphatic heterocycles. The first-order valence-corrected chi connectivity index (χ1v) is 20.9. The van der Waals surface area contributed by atoms with E-state index >= 15 is 0 Å². The third kappa shape index (κ3) is 16.4. The predicted octanol–water partition coefficient (Wildman–Crippen LogP) is 12.2. The number of rotatable bonds is 17. The molecule has 0 radical (unpaired) electrons. The van der Waals surface area contributed by atoms with Crippen molar-refractivity contribution < 1.29 is 23.3 Å². The summed E-state index contributed by atoms with van der Waals surface area (Å²) in [4.78, 5) is 0. The molecule has 0 unspecified atom stereocenters. The molecule has 0 atom stereocenters. The highest BCUT2D eigenvalue weighted by Gasteiger charge is 2.53. The zero-order chi connectivity index (χ0) is 38.1. The van der Waals surface area contributed by atoms with Crippen molar-refractivity contribution in [2.45, 2.75) is 201 Å². The molecule has 2 saturated heterocycles. The van der Waals surface area contributed by atoms with Gasteiger partial charge in [-0.25, -0.2) is 0 Å². The molecule has 0 saturated carbocycles. The first-order chi connectivity index (χ1) is 23.9. The molecule has 0 bridgehead atoms. The molecule has 2 aliphatic rings. The van der Waals surface area contributed by atoms with E-state index in [4.69, 9.17) is 23.3 Å². The lowest BCUT2D eigenvalue weighted by molar-refractivity contribution is 0.00578. The number of hydrogen-bond donors (Lipinski definition) is 0. The van der Waals surface area contributed by atoms with Crippen LogP contribution in [-0.2, 0) is 36.1 Å². The van der Waals surface area contributed by atoms with E-state index in [1.54, 1.807) is 0 Å². The molecule has 0 aromatic heterocycles. The second kappa shape index (κ2) is 22.3. The van der Waals surface area contributed by atoms with E-state index in [2.05, 4.69) is 106 Å². The molecule has 5 nitrogen and oxygen atoms in total. The Hall–Kier alpha value is -1.15.